The highest BCUT2D eigenvalue weighted by atomic mass is 32.2. The normalized spacial score (nSPS) is 14.2. The van der Waals surface area contributed by atoms with E-state index in [1.807, 2.05) is 37.3 Å². The molecular formula is C13H18O3S. The van der Waals surface area contributed by atoms with Crippen molar-refractivity contribution >= 4 is 17.7 Å². The molecule has 0 aliphatic rings. The standard InChI is InChI=1S/C13H18O3S/c1-10(16-2)9-17-12(13(14)15)8-11-6-4-3-5-7-11/h3-7,10,12H,8-9H2,1-2H3,(H,14,15). The molecule has 1 aromatic rings. The van der Waals surface area contributed by atoms with Gasteiger partial charge in [-0.3, -0.25) is 4.79 Å². The second-order valence-corrected chi connectivity index (χ2v) is 5.13. The fourth-order valence-corrected chi connectivity index (χ4v) is 2.46. The third-order valence-corrected chi connectivity index (χ3v) is 3.91. The number of carbonyl (C=O) groups is 1. The molecule has 2 atom stereocenters. The van der Waals surface area contributed by atoms with Crippen molar-refractivity contribution in [2.75, 3.05) is 12.9 Å². The lowest BCUT2D eigenvalue weighted by Gasteiger charge is -2.14. The second kappa shape index (κ2) is 7.35. The van der Waals surface area contributed by atoms with Gasteiger partial charge in [-0.1, -0.05) is 30.3 Å². The topological polar surface area (TPSA) is 46.5 Å². The van der Waals surface area contributed by atoms with Crippen molar-refractivity contribution in [1.82, 2.24) is 0 Å². The Labute approximate surface area is 106 Å². The summed E-state index contributed by atoms with van der Waals surface area (Å²) in [4.78, 5) is 11.1. The lowest BCUT2D eigenvalue weighted by atomic mass is 10.1. The fraction of sp³-hybridized carbons (Fsp3) is 0.462. The zero-order valence-electron chi connectivity index (χ0n) is 10.1. The van der Waals surface area contributed by atoms with E-state index >= 15 is 0 Å². The zero-order valence-corrected chi connectivity index (χ0v) is 10.9. The Morgan fingerprint density at radius 3 is 2.59 bits per heavy atom. The maximum Gasteiger partial charge on any atom is 0.316 e. The number of methoxy groups -OCH3 is 1. The van der Waals surface area contributed by atoms with Gasteiger partial charge in [0.05, 0.1) is 6.10 Å². The molecular weight excluding hydrogens is 236 g/mol. The van der Waals surface area contributed by atoms with Gasteiger partial charge in [-0.15, -0.1) is 11.8 Å². The minimum atomic E-state index is -0.762. The number of carboxylic acid groups (broad SMARTS) is 1. The lowest BCUT2D eigenvalue weighted by Crippen LogP contribution is -2.22. The van der Waals surface area contributed by atoms with E-state index in [0.717, 1.165) is 5.56 Å². The number of benzene rings is 1. The lowest BCUT2D eigenvalue weighted by molar-refractivity contribution is -0.136. The van der Waals surface area contributed by atoms with E-state index in [1.165, 1.54) is 11.8 Å². The van der Waals surface area contributed by atoms with E-state index in [0.29, 0.717) is 12.2 Å². The molecule has 2 unspecified atom stereocenters. The molecule has 0 heterocycles. The van der Waals surface area contributed by atoms with Crippen LogP contribution in [-0.4, -0.2) is 35.3 Å². The molecule has 0 radical (unpaired) electrons. The molecule has 0 aromatic heterocycles. The fourth-order valence-electron chi connectivity index (χ4n) is 1.37. The van der Waals surface area contributed by atoms with Crippen molar-refractivity contribution in [1.29, 1.82) is 0 Å². The van der Waals surface area contributed by atoms with E-state index in [4.69, 9.17) is 9.84 Å². The van der Waals surface area contributed by atoms with Crippen LogP contribution in [0.3, 0.4) is 0 Å². The van der Waals surface area contributed by atoms with E-state index in [2.05, 4.69) is 0 Å². The van der Waals surface area contributed by atoms with Crippen LogP contribution in [0, 0.1) is 0 Å². The summed E-state index contributed by atoms with van der Waals surface area (Å²) < 4.78 is 5.12. The van der Waals surface area contributed by atoms with Gasteiger partial charge >= 0.3 is 5.97 Å². The third kappa shape index (κ3) is 5.24. The Balaban J connectivity index is 2.52. The van der Waals surface area contributed by atoms with Crippen LogP contribution in [0.1, 0.15) is 12.5 Å². The predicted molar refractivity (Wildman–Crippen MR) is 70.5 cm³/mol. The van der Waals surface area contributed by atoms with Crippen LogP contribution in [0.5, 0.6) is 0 Å². The molecule has 1 rings (SSSR count). The van der Waals surface area contributed by atoms with Gasteiger partial charge < -0.3 is 9.84 Å². The molecule has 0 fully saturated rings. The summed E-state index contributed by atoms with van der Waals surface area (Å²) in [5.41, 5.74) is 1.05. The Morgan fingerprint density at radius 2 is 2.06 bits per heavy atom. The molecule has 0 aliphatic carbocycles. The third-order valence-electron chi connectivity index (χ3n) is 2.47. The van der Waals surface area contributed by atoms with Crippen LogP contribution in [0.25, 0.3) is 0 Å². The predicted octanol–water partition coefficient (Wildman–Crippen LogP) is 2.45. The molecule has 0 bridgehead atoms. The first-order valence-corrected chi connectivity index (χ1v) is 6.59. The largest absolute Gasteiger partial charge is 0.480 e. The van der Waals surface area contributed by atoms with Gasteiger partial charge in [0.1, 0.15) is 5.25 Å². The van der Waals surface area contributed by atoms with Gasteiger partial charge in [0.15, 0.2) is 0 Å². The van der Waals surface area contributed by atoms with Crippen molar-refractivity contribution < 1.29 is 14.6 Å². The minimum Gasteiger partial charge on any atom is -0.480 e. The Hall–Kier alpha value is -1.00. The molecule has 0 saturated heterocycles. The molecule has 0 saturated carbocycles. The summed E-state index contributed by atoms with van der Waals surface area (Å²) in [6.07, 6.45) is 0.634. The zero-order chi connectivity index (χ0) is 12.7. The van der Waals surface area contributed by atoms with E-state index < -0.39 is 11.2 Å². The molecule has 3 nitrogen and oxygen atoms in total. The number of aliphatic carboxylic acids is 1. The van der Waals surface area contributed by atoms with Crippen molar-refractivity contribution in [2.24, 2.45) is 0 Å². The van der Waals surface area contributed by atoms with Gasteiger partial charge in [-0.05, 0) is 18.9 Å². The first kappa shape index (κ1) is 14.1. The number of rotatable bonds is 7. The van der Waals surface area contributed by atoms with Gasteiger partial charge in [0, 0.05) is 12.9 Å². The Kier molecular flexibility index (Phi) is 6.08. The van der Waals surface area contributed by atoms with Crippen LogP contribution in [0.4, 0.5) is 0 Å². The van der Waals surface area contributed by atoms with Gasteiger partial charge in [-0.25, -0.2) is 0 Å². The quantitative estimate of drug-likeness (QED) is 0.812. The highest BCUT2D eigenvalue weighted by Gasteiger charge is 2.19. The number of hydrogen-bond acceptors (Lipinski definition) is 3. The summed E-state index contributed by atoms with van der Waals surface area (Å²) in [5.74, 6) is -0.0672. The van der Waals surface area contributed by atoms with E-state index in [9.17, 15) is 4.79 Å². The molecule has 94 valence electrons. The number of thioether (sulfide) groups is 1. The van der Waals surface area contributed by atoms with Crippen LogP contribution in [0.2, 0.25) is 0 Å². The molecule has 0 spiro atoms. The van der Waals surface area contributed by atoms with Crippen LogP contribution in [0.15, 0.2) is 30.3 Å². The van der Waals surface area contributed by atoms with Gasteiger partial charge in [0.25, 0.3) is 0 Å². The number of hydrogen-bond donors (Lipinski definition) is 1. The minimum absolute atomic E-state index is 0.0811. The summed E-state index contributed by atoms with van der Waals surface area (Å²) in [7, 11) is 1.64. The van der Waals surface area contributed by atoms with Crippen molar-refractivity contribution in [3.8, 4) is 0 Å². The van der Waals surface area contributed by atoms with Crippen molar-refractivity contribution in [2.45, 2.75) is 24.7 Å². The average molecular weight is 254 g/mol. The van der Waals surface area contributed by atoms with E-state index in [-0.39, 0.29) is 6.10 Å². The molecule has 1 aromatic carbocycles. The molecule has 4 heteroatoms. The summed E-state index contributed by atoms with van der Waals surface area (Å²) >= 11 is 1.43. The van der Waals surface area contributed by atoms with Gasteiger partial charge in [-0.2, -0.15) is 0 Å². The Bertz CT molecular complexity index is 340. The van der Waals surface area contributed by atoms with Gasteiger partial charge in [0.2, 0.25) is 0 Å². The highest BCUT2D eigenvalue weighted by molar-refractivity contribution is 8.00. The monoisotopic (exact) mass is 254 g/mol. The van der Waals surface area contributed by atoms with Crippen LogP contribution >= 0.6 is 11.8 Å². The molecule has 17 heavy (non-hydrogen) atoms. The Morgan fingerprint density at radius 1 is 1.41 bits per heavy atom. The first-order chi connectivity index (χ1) is 8.13. The molecule has 0 aliphatic heterocycles. The smallest absolute Gasteiger partial charge is 0.316 e. The SMILES string of the molecule is COC(C)CSC(Cc1ccccc1)C(=O)O. The van der Waals surface area contributed by atoms with Crippen LogP contribution < -0.4 is 0 Å². The highest BCUT2D eigenvalue weighted by Crippen LogP contribution is 2.18. The average Bonchev–Trinajstić information content (AvgIpc) is 2.34. The molecule has 1 N–H and O–H groups in total. The van der Waals surface area contributed by atoms with Crippen molar-refractivity contribution in [3.63, 3.8) is 0 Å². The van der Waals surface area contributed by atoms with Crippen molar-refractivity contribution in [3.05, 3.63) is 35.9 Å². The van der Waals surface area contributed by atoms with E-state index in [1.54, 1.807) is 7.11 Å². The second-order valence-electron chi connectivity index (χ2n) is 3.90. The molecule has 0 amide bonds. The summed E-state index contributed by atoms with van der Waals surface area (Å²) in [6.45, 7) is 1.94. The summed E-state index contributed by atoms with van der Waals surface area (Å²) in [6, 6.07) is 9.69. The first-order valence-electron chi connectivity index (χ1n) is 5.54. The number of carboxylic acids is 1. The van der Waals surface area contributed by atoms with Crippen LogP contribution in [-0.2, 0) is 16.0 Å². The maximum absolute atomic E-state index is 11.1. The maximum atomic E-state index is 11.1. The number of ether oxygens (including phenoxy) is 1. The summed E-state index contributed by atoms with van der Waals surface area (Å²) in [5, 5.41) is 8.75.